The first kappa shape index (κ1) is 15.3. The molecule has 0 aromatic carbocycles. The van der Waals surface area contributed by atoms with Crippen molar-refractivity contribution in [3.05, 3.63) is 45.5 Å². The van der Waals surface area contributed by atoms with Crippen molar-refractivity contribution >= 4 is 11.3 Å². The second-order valence-electron chi connectivity index (χ2n) is 5.27. The van der Waals surface area contributed by atoms with Gasteiger partial charge in [0.1, 0.15) is 11.5 Å². The summed E-state index contributed by atoms with van der Waals surface area (Å²) >= 11 is 1.75. The van der Waals surface area contributed by atoms with Crippen LogP contribution in [-0.2, 0) is 19.6 Å². The summed E-state index contributed by atoms with van der Waals surface area (Å²) < 4.78 is 5.86. The van der Waals surface area contributed by atoms with E-state index in [1.807, 2.05) is 6.92 Å². The fourth-order valence-corrected chi connectivity index (χ4v) is 2.92. The first-order chi connectivity index (χ1) is 9.69. The van der Waals surface area contributed by atoms with Gasteiger partial charge >= 0.3 is 0 Å². The number of thiophene rings is 1. The van der Waals surface area contributed by atoms with Gasteiger partial charge in [0.2, 0.25) is 0 Å². The van der Waals surface area contributed by atoms with E-state index >= 15 is 0 Å². The first-order valence-electron chi connectivity index (χ1n) is 7.17. The Bertz CT molecular complexity index is 505. The van der Waals surface area contributed by atoms with Gasteiger partial charge in [0.25, 0.3) is 0 Å². The molecule has 0 bridgehead atoms. The van der Waals surface area contributed by atoms with Crippen LogP contribution < -0.4 is 5.32 Å². The van der Waals surface area contributed by atoms with E-state index in [-0.39, 0.29) is 0 Å². The molecule has 0 aliphatic rings. The Labute approximate surface area is 125 Å². The first-order valence-corrected chi connectivity index (χ1v) is 8.12. The van der Waals surface area contributed by atoms with Gasteiger partial charge in [-0.3, -0.25) is 4.90 Å². The average Bonchev–Trinajstić information content (AvgIpc) is 3.00. The van der Waals surface area contributed by atoms with Gasteiger partial charge in [-0.15, -0.1) is 0 Å². The van der Waals surface area contributed by atoms with Gasteiger partial charge < -0.3 is 9.73 Å². The zero-order chi connectivity index (χ0) is 14.4. The van der Waals surface area contributed by atoms with Crippen molar-refractivity contribution in [1.82, 2.24) is 10.2 Å². The topological polar surface area (TPSA) is 28.4 Å². The van der Waals surface area contributed by atoms with Gasteiger partial charge in [0.15, 0.2) is 0 Å². The van der Waals surface area contributed by atoms with E-state index in [9.17, 15) is 0 Å². The second-order valence-corrected chi connectivity index (χ2v) is 6.05. The fraction of sp³-hybridized carbons (Fsp3) is 0.500. The van der Waals surface area contributed by atoms with Crippen LogP contribution in [0, 0.1) is 6.92 Å². The molecule has 0 fully saturated rings. The minimum absolute atomic E-state index is 0.852. The molecule has 3 nitrogen and oxygen atoms in total. The molecule has 0 amide bonds. The van der Waals surface area contributed by atoms with Crippen molar-refractivity contribution in [2.24, 2.45) is 0 Å². The quantitative estimate of drug-likeness (QED) is 0.751. The van der Waals surface area contributed by atoms with Crippen molar-refractivity contribution in [2.75, 3.05) is 13.6 Å². The molecule has 0 spiro atoms. The molecule has 0 radical (unpaired) electrons. The maximum absolute atomic E-state index is 5.86. The van der Waals surface area contributed by atoms with E-state index in [1.54, 1.807) is 11.3 Å². The van der Waals surface area contributed by atoms with Crippen LogP contribution in [0.3, 0.4) is 0 Å². The summed E-state index contributed by atoms with van der Waals surface area (Å²) in [5.41, 5.74) is 2.64. The molecule has 0 saturated carbocycles. The molecule has 4 heteroatoms. The molecule has 0 saturated heterocycles. The van der Waals surface area contributed by atoms with Crippen LogP contribution in [0.25, 0.3) is 0 Å². The van der Waals surface area contributed by atoms with Crippen molar-refractivity contribution in [2.45, 2.75) is 39.9 Å². The van der Waals surface area contributed by atoms with Gasteiger partial charge in [0, 0.05) is 18.7 Å². The highest BCUT2D eigenvalue weighted by Crippen LogP contribution is 2.17. The molecule has 1 N–H and O–H groups in total. The molecule has 2 aromatic rings. The third kappa shape index (κ3) is 4.47. The number of furan rings is 1. The average molecular weight is 292 g/mol. The van der Waals surface area contributed by atoms with Crippen molar-refractivity contribution in [3.8, 4) is 0 Å². The van der Waals surface area contributed by atoms with Gasteiger partial charge in [0.05, 0.1) is 6.54 Å². The number of hydrogen-bond acceptors (Lipinski definition) is 4. The summed E-state index contributed by atoms with van der Waals surface area (Å²) in [4.78, 5) is 2.28. The zero-order valence-electron chi connectivity index (χ0n) is 12.6. The lowest BCUT2D eigenvalue weighted by Gasteiger charge is -2.13. The molecular weight excluding hydrogens is 268 g/mol. The van der Waals surface area contributed by atoms with E-state index in [4.69, 9.17) is 4.42 Å². The van der Waals surface area contributed by atoms with Crippen LogP contribution in [0.2, 0.25) is 0 Å². The van der Waals surface area contributed by atoms with Crippen LogP contribution >= 0.6 is 11.3 Å². The predicted molar refractivity (Wildman–Crippen MR) is 84.9 cm³/mol. The number of aryl methyl sites for hydroxylation is 1. The highest BCUT2D eigenvalue weighted by Gasteiger charge is 2.09. The van der Waals surface area contributed by atoms with E-state index in [2.05, 4.69) is 47.1 Å². The Hall–Kier alpha value is -1.10. The lowest BCUT2D eigenvalue weighted by atomic mass is 10.2. The van der Waals surface area contributed by atoms with Crippen LogP contribution in [0.5, 0.6) is 0 Å². The molecular formula is C16H24N2OS. The molecule has 0 atom stereocenters. The van der Waals surface area contributed by atoms with Crippen LogP contribution in [-0.4, -0.2) is 18.5 Å². The second kappa shape index (κ2) is 7.62. The number of hydrogen-bond donors (Lipinski definition) is 1. The summed E-state index contributed by atoms with van der Waals surface area (Å²) in [5, 5.41) is 7.74. The maximum Gasteiger partial charge on any atom is 0.118 e. The summed E-state index contributed by atoms with van der Waals surface area (Å²) in [6, 6.07) is 4.36. The van der Waals surface area contributed by atoms with E-state index in [0.29, 0.717) is 0 Å². The Morgan fingerprint density at radius 3 is 2.90 bits per heavy atom. The number of rotatable bonds is 8. The van der Waals surface area contributed by atoms with Crippen LogP contribution in [0.1, 0.15) is 36.0 Å². The van der Waals surface area contributed by atoms with E-state index < -0.39 is 0 Å². The van der Waals surface area contributed by atoms with Gasteiger partial charge in [-0.25, -0.2) is 0 Å². The predicted octanol–water partition coefficient (Wildman–Crippen LogP) is 3.78. The highest BCUT2D eigenvalue weighted by molar-refractivity contribution is 7.07. The van der Waals surface area contributed by atoms with E-state index in [0.717, 1.165) is 44.1 Å². The maximum atomic E-state index is 5.86. The standard InChI is InChI=1S/C16H24N2OS/c1-4-6-17-9-15-8-16(19-13(15)2)11-18(3)10-14-5-7-20-12-14/h5,7-8,12,17H,4,6,9-11H2,1-3H3. The van der Waals surface area contributed by atoms with Gasteiger partial charge in [-0.2, -0.15) is 11.3 Å². The lowest BCUT2D eigenvalue weighted by molar-refractivity contribution is 0.285. The third-order valence-corrected chi connectivity index (χ3v) is 4.00. The van der Waals surface area contributed by atoms with Gasteiger partial charge in [-0.1, -0.05) is 6.92 Å². The Morgan fingerprint density at radius 1 is 1.35 bits per heavy atom. The van der Waals surface area contributed by atoms with E-state index in [1.165, 1.54) is 11.1 Å². The molecule has 0 aliphatic heterocycles. The summed E-state index contributed by atoms with van der Waals surface area (Å²) in [6.45, 7) is 8.00. The SMILES string of the molecule is CCCNCc1cc(CN(C)Cc2ccsc2)oc1C. The lowest BCUT2D eigenvalue weighted by Crippen LogP contribution is -2.16. The normalized spacial score (nSPS) is 11.4. The zero-order valence-corrected chi connectivity index (χ0v) is 13.4. The number of nitrogens with one attached hydrogen (secondary N) is 1. The molecule has 2 rings (SSSR count). The molecule has 20 heavy (non-hydrogen) atoms. The Balaban J connectivity index is 1.87. The molecule has 2 aromatic heterocycles. The van der Waals surface area contributed by atoms with Crippen molar-refractivity contribution in [1.29, 1.82) is 0 Å². The summed E-state index contributed by atoms with van der Waals surface area (Å²) in [5.74, 6) is 2.08. The highest BCUT2D eigenvalue weighted by atomic mass is 32.1. The Morgan fingerprint density at radius 2 is 2.20 bits per heavy atom. The number of nitrogens with zero attached hydrogens (tertiary/aromatic N) is 1. The molecule has 0 aliphatic carbocycles. The van der Waals surface area contributed by atoms with Crippen molar-refractivity contribution < 1.29 is 4.42 Å². The van der Waals surface area contributed by atoms with Crippen LogP contribution in [0.15, 0.2) is 27.3 Å². The molecule has 2 heterocycles. The monoisotopic (exact) mass is 292 g/mol. The minimum atomic E-state index is 0.852. The van der Waals surface area contributed by atoms with Gasteiger partial charge in [-0.05, 0) is 55.4 Å². The summed E-state index contributed by atoms with van der Waals surface area (Å²) in [6.07, 6.45) is 1.16. The van der Waals surface area contributed by atoms with Crippen molar-refractivity contribution in [3.63, 3.8) is 0 Å². The Kier molecular flexibility index (Phi) is 5.83. The fourth-order valence-electron chi connectivity index (χ4n) is 2.26. The molecule has 0 unspecified atom stereocenters. The third-order valence-electron chi connectivity index (χ3n) is 3.27. The minimum Gasteiger partial charge on any atom is -0.465 e. The summed E-state index contributed by atoms with van der Waals surface area (Å²) in [7, 11) is 2.13. The molecule has 110 valence electrons. The van der Waals surface area contributed by atoms with Crippen LogP contribution in [0.4, 0.5) is 0 Å². The largest absolute Gasteiger partial charge is 0.465 e. The smallest absolute Gasteiger partial charge is 0.118 e.